The molecule has 120 valence electrons. The van der Waals surface area contributed by atoms with Gasteiger partial charge in [0.05, 0.1) is 24.3 Å². The van der Waals surface area contributed by atoms with Crippen LogP contribution in [0.3, 0.4) is 0 Å². The van der Waals surface area contributed by atoms with Gasteiger partial charge in [-0.3, -0.25) is 4.98 Å². The zero-order valence-electron chi connectivity index (χ0n) is 13.4. The largest absolute Gasteiger partial charge is 0.494 e. The van der Waals surface area contributed by atoms with E-state index >= 15 is 0 Å². The van der Waals surface area contributed by atoms with Crippen molar-refractivity contribution in [2.45, 2.75) is 6.92 Å². The van der Waals surface area contributed by atoms with Crippen LogP contribution in [0.1, 0.15) is 5.69 Å². The van der Waals surface area contributed by atoms with E-state index in [2.05, 4.69) is 20.3 Å². The molecule has 6 nitrogen and oxygen atoms in total. The Labute approximate surface area is 136 Å². The van der Waals surface area contributed by atoms with Crippen LogP contribution >= 0.6 is 0 Å². The topological polar surface area (TPSA) is 65.7 Å². The Morgan fingerprint density at radius 3 is 2.79 bits per heavy atom. The lowest BCUT2D eigenvalue weighted by atomic mass is 9.99. The van der Waals surface area contributed by atoms with Crippen LogP contribution in [0.25, 0.3) is 33.1 Å². The van der Waals surface area contributed by atoms with Gasteiger partial charge in [-0.05, 0) is 19.1 Å². The van der Waals surface area contributed by atoms with Gasteiger partial charge < -0.3 is 4.74 Å². The standard InChI is InChI=1S/C17H14FN5O/c1-9-10(5-4-6-19-9)14-13(18)7-11-12-8-20-23(2)17(12)22-21-15(11)16(14)24-3/h4-8H,1-3H3. The molecule has 0 fully saturated rings. The van der Waals surface area contributed by atoms with Gasteiger partial charge >= 0.3 is 0 Å². The number of aromatic nitrogens is 5. The molecule has 0 aliphatic rings. The number of hydrogen-bond acceptors (Lipinski definition) is 5. The fraction of sp³-hybridized carbons (Fsp3) is 0.176. The average Bonchev–Trinajstić information content (AvgIpc) is 2.96. The molecule has 0 N–H and O–H groups in total. The third-order valence-corrected chi connectivity index (χ3v) is 4.13. The Morgan fingerprint density at radius 1 is 1.21 bits per heavy atom. The van der Waals surface area contributed by atoms with E-state index in [1.54, 1.807) is 30.2 Å². The predicted molar refractivity (Wildman–Crippen MR) is 88.3 cm³/mol. The van der Waals surface area contributed by atoms with Gasteiger partial charge in [-0.2, -0.15) is 5.10 Å². The quantitative estimate of drug-likeness (QED) is 0.567. The molecule has 0 saturated heterocycles. The molecular weight excluding hydrogens is 309 g/mol. The van der Waals surface area contributed by atoms with Gasteiger partial charge in [0.1, 0.15) is 11.3 Å². The summed E-state index contributed by atoms with van der Waals surface area (Å²) in [4.78, 5) is 4.23. The average molecular weight is 323 g/mol. The highest BCUT2D eigenvalue weighted by Crippen LogP contribution is 2.40. The highest BCUT2D eigenvalue weighted by molar-refractivity contribution is 6.06. The SMILES string of the molecule is COc1c(-c2cccnc2C)c(F)cc2c1nnc1c2cnn1C. The summed E-state index contributed by atoms with van der Waals surface area (Å²) in [5.41, 5.74) is 2.81. The van der Waals surface area contributed by atoms with Crippen molar-refractivity contribution in [1.82, 2.24) is 25.0 Å². The van der Waals surface area contributed by atoms with E-state index < -0.39 is 5.82 Å². The first-order valence-electron chi connectivity index (χ1n) is 7.38. The second-order valence-electron chi connectivity index (χ2n) is 5.50. The molecule has 3 heterocycles. The first kappa shape index (κ1) is 14.5. The Kier molecular flexibility index (Phi) is 3.16. The number of nitrogens with zero attached hydrogens (tertiary/aromatic N) is 5. The lowest BCUT2D eigenvalue weighted by Crippen LogP contribution is -2.00. The van der Waals surface area contributed by atoms with Crippen LogP contribution in [0.15, 0.2) is 30.6 Å². The molecule has 4 rings (SSSR count). The second kappa shape index (κ2) is 5.23. The number of aryl methyl sites for hydroxylation is 2. The summed E-state index contributed by atoms with van der Waals surface area (Å²) in [6.45, 7) is 1.83. The van der Waals surface area contributed by atoms with Gasteiger partial charge in [-0.25, -0.2) is 9.07 Å². The van der Waals surface area contributed by atoms with E-state index in [-0.39, 0.29) is 0 Å². The van der Waals surface area contributed by atoms with Crippen molar-refractivity contribution < 1.29 is 9.13 Å². The summed E-state index contributed by atoms with van der Waals surface area (Å²) in [6.07, 6.45) is 3.32. The summed E-state index contributed by atoms with van der Waals surface area (Å²) in [7, 11) is 3.27. The van der Waals surface area contributed by atoms with E-state index in [9.17, 15) is 4.39 Å². The molecule has 0 saturated carbocycles. The number of rotatable bonds is 2. The summed E-state index contributed by atoms with van der Waals surface area (Å²) >= 11 is 0. The molecular formula is C17H14FN5O. The van der Waals surface area contributed by atoms with Crippen molar-refractivity contribution in [2.75, 3.05) is 7.11 Å². The third-order valence-electron chi connectivity index (χ3n) is 4.13. The Hall–Kier alpha value is -3.09. The normalized spacial score (nSPS) is 11.3. The van der Waals surface area contributed by atoms with E-state index in [0.29, 0.717) is 39.1 Å². The number of ether oxygens (including phenoxy) is 1. The first-order valence-corrected chi connectivity index (χ1v) is 7.38. The van der Waals surface area contributed by atoms with Crippen molar-refractivity contribution in [3.05, 3.63) is 42.1 Å². The van der Waals surface area contributed by atoms with E-state index in [1.165, 1.54) is 13.2 Å². The number of halogens is 1. The zero-order valence-corrected chi connectivity index (χ0v) is 13.4. The second-order valence-corrected chi connectivity index (χ2v) is 5.50. The summed E-state index contributed by atoms with van der Waals surface area (Å²) in [5.74, 6) is -0.0482. The molecule has 0 radical (unpaired) electrons. The van der Waals surface area contributed by atoms with Crippen LogP contribution < -0.4 is 4.74 Å². The summed E-state index contributed by atoms with van der Waals surface area (Å²) in [6, 6.07) is 5.03. The van der Waals surface area contributed by atoms with Crippen molar-refractivity contribution in [1.29, 1.82) is 0 Å². The van der Waals surface area contributed by atoms with Gasteiger partial charge in [-0.15, -0.1) is 10.2 Å². The maximum atomic E-state index is 15.0. The molecule has 0 spiro atoms. The van der Waals surface area contributed by atoms with E-state index in [1.807, 2.05) is 13.0 Å². The lowest BCUT2D eigenvalue weighted by molar-refractivity contribution is 0.417. The molecule has 1 aromatic carbocycles. The Balaban J connectivity index is 2.15. The van der Waals surface area contributed by atoms with Crippen LogP contribution in [-0.2, 0) is 7.05 Å². The lowest BCUT2D eigenvalue weighted by Gasteiger charge is -2.14. The fourth-order valence-corrected chi connectivity index (χ4v) is 2.96. The fourth-order valence-electron chi connectivity index (χ4n) is 2.96. The Morgan fingerprint density at radius 2 is 2.04 bits per heavy atom. The van der Waals surface area contributed by atoms with Crippen molar-refractivity contribution in [3.63, 3.8) is 0 Å². The van der Waals surface area contributed by atoms with Crippen molar-refractivity contribution in [2.24, 2.45) is 7.05 Å². The van der Waals surface area contributed by atoms with Gasteiger partial charge in [0.25, 0.3) is 0 Å². The number of hydrogen-bond donors (Lipinski definition) is 0. The molecule has 0 unspecified atom stereocenters. The molecule has 0 aliphatic carbocycles. The maximum absolute atomic E-state index is 15.0. The highest BCUT2D eigenvalue weighted by atomic mass is 19.1. The van der Waals surface area contributed by atoms with E-state index in [4.69, 9.17) is 4.74 Å². The van der Waals surface area contributed by atoms with Crippen LogP contribution in [-0.4, -0.2) is 32.1 Å². The third kappa shape index (κ3) is 1.94. The molecule has 0 atom stereocenters. The van der Waals surface area contributed by atoms with Gasteiger partial charge in [0, 0.05) is 29.9 Å². The minimum atomic E-state index is -0.395. The summed E-state index contributed by atoms with van der Waals surface area (Å²) < 4.78 is 22.1. The minimum Gasteiger partial charge on any atom is -0.494 e. The molecule has 3 aromatic heterocycles. The monoisotopic (exact) mass is 323 g/mol. The highest BCUT2D eigenvalue weighted by Gasteiger charge is 2.21. The summed E-state index contributed by atoms with van der Waals surface area (Å²) in [5, 5.41) is 14.0. The van der Waals surface area contributed by atoms with Crippen LogP contribution in [0.2, 0.25) is 0 Å². The Bertz CT molecular complexity index is 1090. The number of fused-ring (bicyclic) bond motifs is 3. The molecule has 0 bridgehead atoms. The number of benzene rings is 1. The van der Waals surface area contributed by atoms with E-state index in [0.717, 1.165) is 5.39 Å². The number of pyridine rings is 1. The van der Waals surface area contributed by atoms with Crippen LogP contribution in [0.5, 0.6) is 5.75 Å². The van der Waals surface area contributed by atoms with Gasteiger partial charge in [0.15, 0.2) is 11.4 Å². The molecule has 7 heteroatoms. The molecule has 4 aromatic rings. The van der Waals surface area contributed by atoms with Crippen LogP contribution in [0, 0.1) is 12.7 Å². The van der Waals surface area contributed by atoms with Crippen LogP contribution in [0.4, 0.5) is 4.39 Å². The maximum Gasteiger partial charge on any atom is 0.180 e. The molecule has 0 aliphatic heterocycles. The van der Waals surface area contributed by atoms with Crippen molar-refractivity contribution >= 4 is 21.9 Å². The van der Waals surface area contributed by atoms with Gasteiger partial charge in [-0.1, -0.05) is 6.07 Å². The molecule has 24 heavy (non-hydrogen) atoms. The van der Waals surface area contributed by atoms with Gasteiger partial charge in [0.2, 0.25) is 0 Å². The smallest absolute Gasteiger partial charge is 0.180 e. The number of methoxy groups -OCH3 is 1. The minimum absolute atomic E-state index is 0.341. The predicted octanol–water partition coefficient (Wildman–Crippen LogP) is 3.03. The van der Waals surface area contributed by atoms with Crippen molar-refractivity contribution in [3.8, 4) is 16.9 Å². The zero-order chi connectivity index (χ0) is 16.8. The molecule has 0 amide bonds. The first-order chi connectivity index (χ1) is 11.6.